The van der Waals surface area contributed by atoms with Crippen LogP contribution in [0.25, 0.3) is 0 Å². The molecule has 1 saturated carbocycles. The number of benzene rings is 1. The largest absolute Gasteiger partial charge is 0.334 e. The van der Waals surface area contributed by atoms with Crippen LogP contribution in [0.2, 0.25) is 0 Å². The number of nitrogens with zero attached hydrogens (tertiary/aromatic N) is 1. The first kappa shape index (κ1) is 21.1. The second-order valence-corrected chi connectivity index (χ2v) is 9.64. The topological polar surface area (TPSA) is 105 Å². The summed E-state index contributed by atoms with van der Waals surface area (Å²) in [5, 5.41) is 11.2. The van der Waals surface area contributed by atoms with Crippen molar-refractivity contribution >= 4 is 16.1 Å². The lowest BCUT2D eigenvalue weighted by Crippen LogP contribution is -2.53. The number of nitrogens with one attached hydrogen (secondary N) is 2. The zero-order valence-corrected chi connectivity index (χ0v) is 17.4. The molecule has 28 heavy (non-hydrogen) atoms. The standard InChI is InChI=1S/C20H32N4O3S/c1-15(16-7-5-11-19(13-16)28(21,26)27)22-20(25)23-17-8-6-12-24(14-17)18-9-3-2-4-10-18/h5,7,11,13,15,17-18H,2-4,6,8-10,12,14H2,1H3,(H2,21,26,27)(H2,22,23,25). The average molecular weight is 409 g/mol. The first-order valence-electron chi connectivity index (χ1n) is 10.3. The van der Waals surface area contributed by atoms with Crippen molar-refractivity contribution in [3.8, 4) is 0 Å². The van der Waals surface area contributed by atoms with Crippen LogP contribution in [0.15, 0.2) is 29.2 Å². The van der Waals surface area contributed by atoms with Crippen molar-refractivity contribution in [2.45, 2.75) is 74.9 Å². The number of hydrogen-bond acceptors (Lipinski definition) is 4. The zero-order valence-electron chi connectivity index (χ0n) is 16.6. The molecular formula is C20H32N4O3S. The van der Waals surface area contributed by atoms with Crippen LogP contribution in [-0.4, -0.2) is 44.5 Å². The molecule has 8 heteroatoms. The first-order chi connectivity index (χ1) is 13.3. The van der Waals surface area contributed by atoms with Crippen LogP contribution >= 0.6 is 0 Å². The van der Waals surface area contributed by atoms with Crippen LogP contribution < -0.4 is 15.8 Å². The molecule has 1 aliphatic carbocycles. The second-order valence-electron chi connectivity index (χ2n) is 8.08. The van der Waals surface area contributed by atoms with E-state index in [4.69, 9.17) is 5.14 Å². The minimum Gasteiger partial charge on any atom is -0.334 e. The van der Waals surface area contributed by atoms with Crippen molar-refractivity contribution in [1.29, 1.82) is 0 Å². The maximum atomic E-state index is 12.5. The number of hydrogen-bond donors (Lipinski definition) is 3. The Balaban J connectivity index is 1.53. The van der Waals surface area contributed by atoms with Crippen molar-refractivity contribution in [3.05, 3.63) is 29.8 Å². The Hall–Kier alpha value is -1.64. The van der Waals surface area contributed by atoms with E-state index in [1.165, 1.54) is 44.2 Å². The summed E-state index contributed by atoms with van der Waals surface area (Å²) in [6.45, 7) is 3.87. The number of sulfonamides is 1. The van der Waals surface area contributed by atoms with Gasteiger partial charge in [-0.3, -0.25) is 4.90 Å². The van der Waals surface area contributed by atoms with Gasteiger partial charge in [-0.15, -0.1) is 0 Å². The second kappa shape index (κ2) is 9.24. The number of carbonyl (C=O) groups excluding carboxylic acids is 1. The highest BCUT2D eigenvalue weighted by atomic mass is 32.2. The molecule has 156 valence electrons. The van der Waals surface area contributed by atoms with Crippen molar-refractivity contribution in [2.75, 3.05) is 13.1 Å². The van der Waals surface area contributed by atoms with Crippen LogP contribution in [0.3, 0.4) is 0 Å². The van der Waals surface area contributed by atoms with E-state index in [-0.39, 0.29) is 23.0 Å². The van der Waals surface area contributed by atoms with Gasteiger partial charge >= 0.3 is 6.03 Å². The van der Waals surface area contributed by atoms with E-state index in [0.29, 0.717) is 11.6 Å². The van der Waals surface area contributed by atoms with Gasteiger partial charge in [-0.25, -0.2) is 18.4 Å². The Morgan fingerprint density at radius 1 is 1.18 bits per heavy atom. The fourth-order valence-electron chi connectivity index (χ4n) is 4.37. The first-order valence-corrected chi connectivity index (χ1v) is 11.8. The molecule has 0 aromatic heterocycles. The van der Waals surface area contributed by atoms with Gasteiger partial charge in [0, 0.05) is 18.6 Å². The molecule has 0 radical (unpaired) electrons. The number of amides is 2. The molecule has 1 aliphatic heterocycles. The van der Waals surface area contributed by atoms with Gasteiger partial charge in [-0.05, 0) is 56.8 Å². The molecule has 2 fully saturated rings. The van der Waals surface area contributed by atoms with Crippen molar-refractivity contribution in [2.24, 2.45) is 5.14 Å². The molecule has 1 aromatic carbocycles. The molecule has 1 saturated heterocycles. The van der Waals surface area contributed by atoms with E-state index < -0.39 is 10.0 Å². The number of likely N-dealkylation sites (tertiary alicyclic amines) is 1. The van der Waals surface area contributed by atoms with Gasteiger partial charge < -0.3 is 10.6 Å². The summed E-state index contributed by atoms with van der Waals surface area (Å²) in [4.78, 5) is 15.1. The summed E-state index contributed by atoms with van der Waals surface area (Å²) < 4.78 is 23.1. The summed E-state index contributed by atoms with van der Waals surface area (Å²) in [7, 11) is -3.76. The van der Waals surface area contributed by atoms with E-state index in [1.807, 2.05) is 6.92 Å². The van der Waals surface area contributed by atoms with Crippen molar-refractivity contribution < 1.29 is 13.2 Å². The quantitative estimate of drug-likeness (QED) is 0.696. The molecule has 0 bridgehead atoms. The van der Waals surface area contributed by atoms with Crippen LogP contribution in [0.1, 0.15) is 63.5 Å². The minimum atomic E-state index is -3.76. The molecule has 0 spiro atoms. The van der Waals surface area contributed by atoms with Gasteiger partial charge in [0.05, 0.1) is 10.9 Å². The monoisotopic (exact) mass is 408 g/mol. The number of piperidine rings is 1. The lowest BCUT2D eigenvalue weighted by Gasteiger charge is -2.40. The lowest BCUT2D eigenvalue weighted by molar-refractivity contribution is 0.112. The fourth-order valence-corrected chi connectivity index (χ4v) is 4.94. The van der Waals surface area contributed by atoms with Crippen LogP contribution in [0, 0.1) is 0 Å². The van der Waals surface area contributed by atoms with E-state index in [1.54, 1.807) is 12.1 Å². The Morgan fingerprint density at radius 2 is 1.93 bits per heavy atom. The van der Waals surface area contributed by atoms with Gasteiger partial charge in [-0.2, -0.15) is 0 Å². The predicted octanol–water partition coefficient (Wildman–Crippen LogP) is 2.49. The van der Waals surface area contributed by atoms with E-state index in [2.05, 4.69) is 15.5 Å². The van der Waals surface area contributed by atoms with E-state index in [0.717, 1.165) is 25.9 Å². The molecule has 2 amide bonds. The molecule has 1 aromatic rings. The zero-order chi connectivity index (χ0) is 20.1. The Bertz CT molecular complexity index is 777. The third-order valence-electron chi connectivity index (χ3n) is 5.91. The number of primary sulfonamides is 1. The molecule has 2 aliphatic rings. The molecule has 3 rings (SSSR count). The van der Waals surface area contributed by atoms with Gasteiger partial charge in [-0.1, -0.05) is 31.4 Å². The van der Waals surface area contributed by atoms with E-state index in [9.17, 15) is 13.2 Å². The molecular weight excluding hydrogens is 376 g/mol. The summed E-state index contributed by atoms with van der Waals surface area (Å²) in [6, 6.07) is 6.65. The fraction of sp³-hybridized carbons (Fsp3) is 0.650. The summed E-state index contributed by atoms with van der Waals surface area (Å²) in [5.74, 6) is 0. The third-order valence-corrected chi connectivity index (χ3v) is 6.82. The Labute approximate surface area is 168 Å². The number of rotatable bonds is 5. The molecule has 2 atom stereocenters. The maximum Gasteiger partial charge on any atom is 0.315 e. The van der Waals surface area contributed by atoms with Crippen molar-refractivity contribution in [1.82, 2.24) is 15.5 Å². The average Bonchev–Trinajstić information content (AvgIpc) is 2.68. The highest BCUT2D eigenvalue weighted by Crippen LogP contribution is 2.25. The summed E-state index contributed by atoms with van der Waals surface area (Å²) in [5.41, 5.74) is 0.703. The SMILES string of the molecule is CC(NC(=O)NC1CCCN(C2CCCCC2)C1)c1cccc(S(N)(=O)=O)c1. The molecule has 1 heterocycles. The van der Waals surface area contributed by atoms with Crippen molar-refractivity contribution in [3.63, 3.8) is 0 Å². The number of nitrogens with two attached hydrogens (primary N) is 1. The van der Waals surface area contributed by atoms with Gasteiger partial charge in [0.25, 0.3) is 0 Å². The summed E-state index contributed by atoms with van der Waals surface area (Å²) >= 11 is 0. The number of carbonyl (C=O) groups is 1. The minimum absolute atomic E-state index is 0.0504. The van der Waals surface area contributed by atoms with Gasteiger partial charge in [0.15, 0.2) is 0 Å². The highest BCUT2D eigenvalue weighted by Gasteiger charge is 2.28. The molecule has 4 N–H and O–H groups in total. The van der Waals surface area contributed by atoms with Crippen LogP contribution in [-0.2, 0) is 10.0 Å². The number of urea groups is 1. The Morgan fingerprint density at radius 3 is 2.64 bits per heavy atom. The normalized spacial score (nSPS) is 23.1. The van der Waals surface area contributed by atoms with E-state index >= 15 is 0 Å². The summed E-state index contributed by atoms with van der Waals surface area (Å²) in [6.07, 6.45) is 8.62. The maximum absolute atomic E-state index is 12.5. The van der Waals surface area contributed by atoms with Crippen LogP contribution in [0.5, 0.6) is 0 Å². The molecule has 2 unspecified atom stereocenters. The lowest BCUT2D eigenvalue weighted by atomic mass is 9.92. The molecule has 7 nitrogen and oxygen atoms in total. The Kier molecular flexibility index (Phi) is 6.95. The van der Waals surface area contributed by atoms with Crippen LogP contribution in [0.4, 0.5) is 4.79 Å². The van der Waals surface area contributed by atoms with Gasteiger partial charge in [0.1, 0.15) is 0 Å². The predicted molar refractivity (Wildman–Crippen MR) is 109 cm³/mol. The van der Waals surface area contributed by atoms with Gasteiger partial charge in [0.2, 0.25) is 10.0 Å². The highest BCUT2D eigenvalue weighted by molar-refractivity contribution is 7.89. The third kappa shape index (κ3) is 5.68. The smallest absolute Gasteiger partial charge is 0.315 e.